The van der Waals surface area contributed by atoms with Crippen molar-refractivity contribution in [3.05, 3.63) is 55.9 Å². The number of carbonyl (C=O) groups excluding carboxylic acids is 1. The summed E-state index contributed by atoms with van der Waals surface area (Å²) in [4.78, 5) is 34.0. The van der Waals surface area contributed by atoms with Crippen LogP contribution in [0.15, 0.2) is 28.2 Å². The normalized spacial score (nSPS) is 11.2. The number of benzene rings is 1. The molecular weight excluding hydrogens is 434 g/mol. The van der Waals surface area contributed by atoms with Gasteiger partial charge in [0.25, 0.3) is 11.5 Å². The highest BCUT2D eigenvalue weighted by atomic mass is 32.2. The number of thioether (sulfide) groups is 1. The fraction of sp³-hybridized carbons (Fsp3) is 0.300. The van der Waals surface area contributed by atoms with Crippen molar-refractivity contribution in [2.75, 3.05) is 5.32 Å². The van der Waals surface area contributed by atoms with Gasteiger partial charge in [-0.15, -0.1) is 16.4 Å². The molecule has 0 radical (unpaired) electrons. The second-order valence-electron chi connectivity index (χ2n) is 7.09. The molecule has 0 aliphatic heterocycles. The highest BCUT2D eigenvalue weighted by Gasteiger charge is 2.20. The summed E-state index contributed by atoms with van der Waals surface area (Å²) in [6.07, 6.45) is 0. The van der Waals surface area contributed by atoms with Crippen molar-refractivity contribution in [1.82, 2.24) is 30.2 Å². The molecule has 0 aliphatic rings. The molecule has 4 rings (SSSR count). The first-order valence-corrected chi connectivity index (χ1v) is 11.5. The van der Waals surface area contributed by atoms with Crippen LogP contribution in [0.3, 0.4) is 0 Å². The van der Waals surface area contributed by atoms with E-state index < -0.39 is 0 Å². The summed E-state index contributed by atoms with van der Waals surface area (Å²) in [5.41, 5.74) is 3.24. The van der Waals surface area contributed by atoms with Crippen LogP contribution in [-0.4, -0.2) is 36.1 Å². The van der Waals surface area contributed by atoms with E-state index in [9.17, 15) is 9.59 Å². The molecule has 0 spiro atoms. The van der Waals surface area contributed by atoms with Crippen LogP contribution < -0.4 is 10.9 Å². The molecular formula is C20H21N7O2S2. The van der Waals surface area contributed by atoms with Crippen molar-refractivity contribution in [2.24, 2.45) is 0 Å². The monoisotopic (exact) mass is 455 g/mol. The number of hydrogen-bond donors (Lipinski definition) is 2. The third kappa shape index (κ3) is 4.23. The smallest absolute Gasteiger partial charge is 0.266 e. The molecule has 0 atom stereocenters. The van der Waals surface area contributed by atoms with Gasteiger partial charge in [0.05, 0.1) is 16.0 Å². The lowest BCUT2D eigenvalue weighted by atomic mass is 10.1. The first kappa shape index (κ1) is 21.2. The molecule has 3 aromatic heterocycles. The molecule has 0 fully saturated rings. The lowest BCUT2D eigenvalue weighted by molar-refractivity contribution is 0.103. The Hall–Kier alpha value is -3.05. The third-order valence-electron chi connectivity index (χ3n) is 4.82. The van der Waals surface area contributed by atoms with Crippen LogP contribution in [0, 0.1) is 20.8 Å². The second-order valence-corrected chi connectivity index (χ2v) is 9.03. The number of nitrogens with one attached hydrogen (secondary N) is 2. The van der Waals surface area contributed by atoms with Gasteiger partial charge in [0, 0.05) is 12.2 Å². The highest BCUT2D eigenvalue weighted by molar-refractivity contribution is 7.98. The van der Waals surface area contributed by atoms with Gasteiger partial charge in [-0.25, -0.2) is 9.67 Å². The molecule has 3 heterocycles. The van der Waals surface area contributed by atoms with Gasteiger partial charge in [0.15, 0.2) is 0 Å². The Balaban J connectivity index is 1.61. The highest BCUT2D eigenvalue weighted by Crippen LogP contribution is 2.29. The lowest BCUT2D eigenvalue weighted by Crippen LogP contribution is -2.13. The SMILES string of the molecule is CCn1nnnc1SCc1nc2sc(C(=O)Nc3ccc(C)cc3C)c(C)c2c(=O)[nH]1. The predicted octanol–water partition coefficient (Wildman–Crippen LogP) is 3.46. The van der Waals surface area contributed by atoms with Crippen LogP contribution in [0.2, 0.25) is 0 Å². The standard InChI is InChI=1S/C20H21N7O2S2/c1-5-27-20(24-25-26-27)30-9-14-22-17(28)15-12(4)16(31-19(15)23-14)18(29)21-13-7-6-10(2)8-11(13)3/h6-8H,5,9H2,1-4H3,(H,21,29)(H,22,23,28). The van der Waals surface area contributed by atoms with E-state index in [1.54, 1.807) is 11.6 Å². The summed E-state index contributed by atoms with van der Waals surface area (Å²) in [5.74, 6) is 0.674. The molecule has 1 aromatic carbocycles. The van der Waals surface area contributed by atoms with E-state index >= 15 is 0 Å². The quantitative estimate of drug-likeness (QED) is 0.427. The van der Waals surface area contributed by atoms with Crippen molar-refractivity contribution in [1.29, 1.82) is 0 Å². The summed E-state index contributed by atoms with van der Waals surface area (Å²) in [6.45, 7) is 8.33. The molecule has 0 aliphatic carbocycles. The van der Waals surface area contributed by atoms with E-state index in [-0.39, 0.29) is 11.5 Å². The molecule has 31 heavy (non-hydrogen) atoms. The van der Waals surface area contributed by atoms with E-state index in [0.29, 0.717) is 43.9 Å². The maximum Gasteiger partial charge on any atom is 0.266 e. The molecule has 2 N–H and O–H groups in total. The number of rotatable bonds is 6. The minimum Gasteiger partial charge on any atom is -0.321 e. The minimum atomic E-state index is -0.255. The van der Waals surface area contributed by atoms with Gasteiger partial charge >= 0.3 is 0 Å². The summed E-state index contributed by atoms with van der Waals surface area (Å²) in [7, 11) is 0. The number of H-pyrrole nitrogens is 1. The summed E-state index contributed by atoms with van der Waals surface area (Å²) in [6, 6.07) is 5.85. The Bertz CT molecular complexity index is 1340. The minimum absolute atomic E-state index is 0.245. The zero-order valence-electron chi connectivity index (χ0n) is 17.5. The van der Waals surface area contributed by atoms with Crippen molar-refractivity contribution in [2.45, 2.75) is 45.1 Å². The Morgan fingerprint density at radius 2 is 2.10 bits per heavy atom. The number of aromatic nitrogens is 6. The van der Waals surface area contributed by atoms with Crippen molar-refractivity contribution >= 4 is 44.9 Å². The van der Waals surface area contributed by atoms with Crippen LogP contribution in [0.5, 0.6) is 0 Å². The molecule has 4 aromatic rings. The molecule has 0 saturated heterocycles. The van der Waals surface area contributed by atoms with Crippen molar-refractivity contribution in [3.63, 3.8) is 0 Å². The second kappa shape index (κ2) is 8.60. The molecule has 0 saturated carbocycles. The Labute approximate surface area is 186 Å². The lowest BCUT2D eigenvalue weighted by Gasteiger charge is -2.08. The number of thiophene rings is 1. The number of anilines is 1. The van der Waals surface area contributed by atoms with Gasteiger partial charge in [-0.05, 0) is 55.3 Å². The summed E-state index contributed by atoms with van der Waals surface area (Å²) < 4.78 is 1.67. The van der Waals surface area contributed by atoms with Crippen molar-refractivity contribution < 1.29 is 4.79 Å². The van der Waals surface area contributed by atoms with Crippen LogP contribution in [0.4, 0.5) is 5.69 Å². The number of carbonyl (C=O) groups is 1. The molecule has 9 nitrogen and oxygen atoms in total. The van der Waals surface area contributed by atoms with Gasteiger partial charge in [-0.3, -0.25) is 9.59 Å². The molecule has 1 amide bonds. The zero-order valence-corrected chi connectivity index (χ0v) is 19.1. The van der Waals surface area contributed by atoms with E-state index in [1.807, 2.05) is 39.0 Å². The molecule has 11 heteroatoms. The number of aryl methyl sites for hydroxylation is 4. The van der Waals surface area contributed by atoms with Crippen molar-refractivity contribution in [3.8, 4) is 0 Å². The van der Waals surface area contributed by atoms with Gasteiger partial charge in [0.2, 0.25) is 5.16 Å². The van der Waals surface area contributed by atoms with E-state index in [0.717, 1.165) is 16.8 Å². The van der Waals surface area contributed by atoms with Crippen LogP contribution in [0.25, 0.3) is 10.2 Å². The third-order valence-corrected chi connectivity index (χ3v) is 6.98. The van der Waals surface area contributed by atoms with Gasteiger partial charge in [-0.1, -0.05) is 29.5 Å². The maximum absolute atomic E-state index is 12.9. The number of hydrogen-bond acceptors (Lipinski definition) is 8. The average Bonchev–Trinajstić information content (AvgIpc) is 3.32. The van der Waals surface area contributed by atoms with E-state index in [1.165, 1.54) is 23.1 Å². The maximum atomic E-state index is 12.9. The first-order valence-electron chi connectivity index (χ1n) is 9.67. The van der Waals surface area contributed by atoms with Crippen LogP contribution in [-0.2, 0) is 12.3 Å². The molecule has 160 valence electrons. The van der Waals surface area contributed by atoms with Gasteiger partial charge in [0.1, 0.15) is 10.7 Å². The summed E-state index contributed by atoms with van der Waals surface area (Å²) >= 11 is 2.61. The molecule has 0 unspecified atom stereocenters. The zero-order chi connectivity index (χ0) is 22.1. The van der Waals surface area contributed by atoms with Gasteiger partial charge in [-0.2, -0.15) is 0 Å². The predicted molar refractivity (Wildman–Crippen MR) is 122 cm³/mol. The van der Waals surface area contributed by atoms with Gasteiger partial charge < -0.3 is 10.3 Å². The Morgan fingerprint density at radius 1 is 1.29 bits per heavy atom. The number of fused-ring (bicyclic) bond motifs is 1. The Kier molecular flexibility index (Phi) is 5.88. The van der Waals surface area contributed by atoms with Crippen LogP contribution >= 0.6 is 23.1 Å². The van der Waals surface area contributed by atoms with E-state index in [4.69, 9.17) is 0 Å². The Morgan fingerprint density at radius 3 is 2.84 bits per heavy atom. The fourth-order valence-electron chi connectivity index (χ4n) is 3.24. The number of nitrogens with zero attached hydrogens (tertiary/aromatic N) is 5. The van der Waals surface area contributed by atoms with E-state index in [2.05, 4.69) is 30.8 Å². The first-order chi connectivity index (χ1) is 14.9. The number of amides is 1. The molecule has 0 bridgehead atoms. The fourth-order valence-corrected chi connectivity index (χ4v) is 5.14. The summed E-state index contributed by atoms with van der Waals surface area (Å²) in [5, 5.41) is 15.6. The van der Waals surface area contributed by atoms with Crippen LogP contribution in [0.1, 0.15) is 39.1 Å². The average molecular weight is 456 g/mol. The topological polar surface area (TPSA) is 118 Å². The number of tetrazole rings is 1. The number of aromatic amines is 1. The largest absolute Gasteiger partial charge is 0.321 e.